The first-order valence-electron chi connectivity index (χ1n) is 8.97. The summed E-state index contributed by atoms with van der Waals surface area (Å²) in [6.07, 6.45) is 3.29. The molecule has 8 heteroatoms. The van der Waals surface area contributed by atoms with Crippen LogP contribution < -0.4 is 16.4 Å². The molecule has 0 fully saturated rings. The number of carbonyl (C=O) groups is 1. The van der Waals surface area contributed by atoms with E-state index in [0.29, 0.717) is 17.7 Å². The van der Waals surface area contributed by atoms with E-state index in [4.69, 9.17) is 0 Å². The number of hydrogen-bond acceptors (Lipinski definition) is 5. The molecule has 7 nitrogen and oxygen atoms in total. The molecule has 3 rings (SSSR count). The molecule has 1 amide bonds. The molecule has 0 aliphatic heterocycles. The summed E-state index contributed by atoms with van der Waals surface area (Å²) in [6.45, 7) is 3.96. The predicted molar refractivity (Wildman–Crippen MR) is 106 cm³/mol. The number of rotatable bonds is 7. The molecule has 0 radical (unpaired) electrons. The van der Waals surface area contributed by atoms with E-state index >= 15 is 0 Å². The van der Waals surface area contributed by atoms with E-state index in [1.54, 1.807) is 36.6 Å². The highest BCUT2D eigenvalue weighted by atomic mass is 32.1. The number of amides is 1. The van der Waals surface area contributed by atoms with Gasteiger partial charge in [-0.1, -0.05) is 19.4 Å². The van der Waals surface area contributed by atoms with E-state index in [9.17, 15) is 14.4 Å². The summed E-state index contributed by atoms with van der Waals surface area (Å²) in [5.41, 5.74) is -0.501. The lowest BCUT2D eigenvalue weighted by atomic mass is 10.1. The first-order valence-corrected chi connectivity index (χ1v) is 9.85. The Hall–Kier alpha value is -2.74. The van der Waals surface area contributed by atoms with Crippen LogP contribution in [0.2, 0.25) is 0 Å². The van der Waals surface area contributed by atoms with Crippen LogP contribution in [0.5, 0.6) is 0 Å². The van der Waals surface area contributed by atoms with Gasteiger partial charge < -0.3 is 5.32 Å². The first kappa shape index (κ1) is 19.0. The van der Waals surface area contributed by atoms with Gasteiger partial charge in [-0.25, -0.2) is 4.98 Å². The molecule has 3 aromatic rings. The van der Waals surface area contributed by atoms with E-state index in [0.717, 1.165) is 17.7 Å². The molecular weight excluding hydrogens is 364 g/mol. The number of aromatic nitrogens is 3. The zero-order valence-electron chi connectivity index (χ0n) is 15.3. The minimum atomic E-state index is -0.712. The van der Waals surface area contributed by atoms with Crippen LogP contribution >= 0.6 is 11.3 Å². The second-order valence-corrected chi connectivity index (χ2v) is 7.19. The lowest BCUT2D eigenvalue weighted by Crippen LogP contribution is -2.44. The van der Waals surface area contributed by atoms with Crippen LogP contribution in [-0.4, -0.2) is 20.0 Å². The fraction of sp³-hybridized carbons (Fsp3) is 0.368. The summed E-state index contributed by atoms with van der Waals surface area (Å²) in [6, 6.07) is 7.22. The van der Waals surface area contributed by atoms with Gasteiger partial charge in [0, 0.05) is 17.6 Å². The third-order valence-corrected chi connectivity index (χ3v) is 5.39. The molecule has 1 N–H and O–H groups in total. The van der Waals surface area contributed by atoms with Gasteiger partial charge in [-0.3, -0.25) is 23.5 Å². The van der Waals surface area contributed by atoms with Crippen molar-refractivity contribution < 1.29 is 4.79 Å². The summed E-state index contributed by atoms with van der Waals surface area (Å²) in [7, 11) is 0. The zero-order chi connectivity index (χ0) is 19.4. The first-order chi connectivity index (χ1) is 13.1. The van der Waals surface area contributed by atoms with Crippen molar-refractivity contribution in [2.24, 2.45) is 0 Å². The van der Waals surface area contributed by atoms with Crippen LogP contribution in [0.4, 0.5) is 0 Å². The van der Waals surface area contributed by atoms with Crippen LogP contribution in [0.1, 0.15) is 37.6 Å². The summed E-state index contributed by atoms with van der Waals surface area (Å²) >= 11 is 1.59. The normalized spacial score (nSPS) is 12.2. The van der Waals surface area contributed by atoms with Crippen LogP contribution in [0.25, 0.3) is 11.2 Å². The molecule has 1 atom stereocenters. The molecular formula is C19H22N4O3S. The van der Waals surface area contributed by atoms with E-state index in [-0.39, 0.29) is 18.5 Å². The third kappa shape index (κ3) is 3.85. The fourth-order valence-electron chi connectivity index (χ4n) is 3.14. The number of pyridine rings is 1. The predicted octanol–water partition coefficient (Wildman–Crippen LogP) is 2.30. The third-order valence-electron chi connectivity index (χ3n) is 4.40. The number of fused-ring (bicyclic) bond motifs is 1. The topological polar surface area (TPSA) is 86.0 Å². The van der Waals surface area contributed by atoms with Gasteiger partial charge in [-0.05, 0) is 36.9 Å². The maximum absolute atomic E-state index is 12.7. The fourth-order valence-corrected chi connectivity index (χ4v) is 3.95. The number of carbonyl (C=O) groups excluding carboxylic acids is 1. The largest absolute Gasteiger partial charge is 0.347 e. The second kappa shape index (κ2) is 8.30. The van der Waals surface area contributed by atoms with E-state index in [1.807, 2.05) is 17.5 Å². The molecule has 0 spiro atoms. The molecule has 0 aliphatic rings. The van der Waals surface area contributed by atoms with Crippen molar-refractivity contribution in [3.8, 4) is 0 Å². The van der Waals surface area contributed by atoms with E-state index in [1.165, 1.54) is 9.13 Å². The van der Waals surface area contributed by atoms with Crippen LogP contribution in [0.3, 0.4) is 0 Å². The molecule has 0 aromatic carbocycles. The monoisotopic (exact) mass is 386 g/mol. The molecule has 0 saturated carbocycles. The Balaban J connectivity index is 1.94. The van der Waals surface area contributed by atoms with Crippen LogP contribution in [0, 0.1) is 0 Å². The average molecular weight is 386 g/mol. The van der Waals surface area contributed by atoms with Crippen LogP contribution in [0.15, 0.2) is 45.4 Å². The number of nitrogens with one attached hydrogen (secondary N) is 1. The maximum Gasteiger partial charge on any atom is 0.318 e. The number of aryl methyl sites for hydroxylation is 1. The van der Waals surface area contributed by atoms with Crippen molar-refractivity contribution in [2.45, 2.75) is 45.8 Å². The Bertz CT molecular complexity index is 1050. The molecule has 0 bridgehead atoms. The minimum absolute atomic E-state index is 0.0985. The van der Waals surface area contributed by atoms with E-state index < -0.39 is 11.1 Å². The van der Waals surface area contributed by atoms with Gasteiger partial charge >= 0.3 is 11.1 Å². The van der Waals surface area contributed by atoms with Crippen molar-refractivity contribution >= 4 is 28.4 Å². The van der Waals surface area contributed by atoms with Gasteiger partial charge in [-0.15, -0.1) is 11.3 Å². The van der Waals surface area contributed by atoms with Gasteiger partial charge in [0.2, 0.25) is 5.91 Å². The number of nitrogens with zero attached hydrogens (tertiary/aromatic N) is 3. The summed E-state index contributed by atoms with van der Waals surface area (Å²) in [5, 5.41) is 4.96. The van der Waals surface area contributed by atoms with Gasteiger partial charge in [0.25, 0.3) is 0 Å². The molecule has 0 aliphatic carbocycles. The van der Waals surface area contributed by atoms with E-state index in [2.05, 4.69) is 17.2 Å². The zero-order valence-corrected chi connectivity index (χ0v) is 16.2. The summed E-state index contributed by atoms with van der Waals surface area (Å²) in [4.78, 5) is 42.9. The highest BCUT2D eigenvalue weighted by Crippen LogP contribution is 2.23. The Labute approximate surface area is 160 Å². The molecule has 0 saturated heterocycles. The Morgan fingerprint density at radius 1 is 1.19 bits per heavy atom. The Morgan fingerprint density at radius 3 is 2.63 bits per heavy atom. The van der Waals surface area contributed by atoms with Crippen molar-refractivity contribution in [3.05, 3.63) is 61.4 Å². The second-order valence-electron chi connectivity index (χ2n) is 6.21. The van der Waals surface area contributed by atoms with Gasteiger partial charge in [0.05, 0.1) is 11.6 Å². The quantitative estimate of drug-likeness (QED) is 0.631. The average Bonchev–Trinajstić information content (AvgIpc) is 3.20. The lowest BCUT2D eigenvalue weighted by molar-refractivity contribution is -0.122. The minimum Gasteiger partial charge on any atom is -0.347 e. The highest BCUT2D eigenvalue weighted by Gasteiger charge is 2.18. The molecule has 142 valence electrons. The van der Waals surface area contributed by atoms with Gasteiger partial charge in [-0.2, -0.15) is 0 Å². The number of hydrogen-bond donors (Lipinski definition) is 1. The van der Waals surface area contributed by atoms with Gasteiger partial charge in [0.1, 0.15) is 6.54 Å². The van der Waals surface area contributed by atoms with Crippen molar-refractivity contribution in [1.82, 2.24) is 19.4 Å². The molecule has 27 heavy (non-hydrogen) atoms. The maximum atomic E-state index is 12.7. The number of thiophene rings is 1. The van der Waals surface area contributed by atoms with Crippen LogP contribution in [-0.2, 0) is 17.9 Å². The van der Waals surface area contributed by atoms with Crippen molar-refractivity contribution in [2.75, 3.05) is 0 Å². The SMILES string of the molecule is CCC[C@@H](NC(=O)Cn1c(=O)c(=O)n(CC)c2ncccc21)c1cccs1. The Morgan fingerprint density at radius 2 is 1.96 bits per heavy atom. The molecule has 3 heterocycles. The Kier molecular flexibility index (Phi) is 5.85. The molecule has 3 aromatic heterocycles. The van der Waals surface area contributed by atoms with Crippen molar-refractivity contribution in [3.63, 3.8) is 0 Å². The lowest BCUT2D eigenvalue weighted by Gasteiger charge is -2.18. The highest BCUT2D eigenvalue weighted by molar-refractivity contribution is 7.10. The summed E-state index contributed by atoms with van der Waals surface area (Å²) < 4.78 is 2.54. The van der Waals surface area contributed by atoms with Gasteiger partial charge in [0.15, 0.2) is 5.65 Å². The molecule has 0 unspecified atom stereocenters. The van der Waals surface area contributed by atoms with Crippen molar-refractivity contribution in [1.29, 1.82) is 0 Å². The smallest absolute Gasteiger partial charge is 0.318 e. The standard InChI is InChI=1S/C19H22N4O3S/c1-3-7-13(15-9-6-11-27-15)21-16(24)12-23-14-8-5-10-20-17(14)22(4-2)18(25)19(23)26/h5-6,8-11,13H,3-4,7,12H2,1-2H3,(H,21,24)/t13-/m1/s1. The summed E-state index contributed by atoms with van der Waals surface area (Å²) in [5.74, 6) is -0.303.